The van der Waals surface area contributed by atoms with Crippen LogP contribution in [0.25, 0.3) is 15.9 Å². The van der Waals surface area contributed by atoms with Gasteiger partial charge in [0.2, 0.25) is 5.82 Å². The van der Waals surface area contributed by atoms with Crippen molar-refractivity contribution >= 4 is 33.1 Å². The maximum Gasteiger partial charge on any atom is 0.293 e. The minimum absolute atomic E-state index is 0.0699. The van der Waals surface area contributed by atoms with Crippen molar-refractivity contribution in [3.63, 3.8) is 0 Å². The SMILES string of the molecule is CCN1CCN(C(=O)c2nc3c4c5c(sc4ncn3n2)C[C@@H](C(C)(C)C)CC5)CC1. The number of piperazine rings is 1. The largest absolute Gasteiger partial charge is 0.333 e. The van der Waals surface area contributed by atoms with Crippen LogP contribution < -0.4 is 0 Å². The number of carbonyl (C=O) groups is 1. The predicted octanol–water partition coefficient (Wildman–Crippen LogP) is 3.27. The van der Waals surface area contributed by atoms with Crippen molar-refractivity contribution in [3.8, 4) is 0 Å². The second-order valence-corrected chi connectivity index (χ2v) is 10.7. The maximum absolute atomic E-state index is 13.0. The highest BCUT2D eigenvalue weighted by molar-refractivity contribution is 7.19. The lowest BCUT2D eigenvalue weighted by Gasteiger charge is -2.33. The van der Waals surface area contributed by atoms with E-state index in [2.05, 4.69) is 42.7 Å². The first kappa shape index (κ1) is 19.9. The summed E-state index contributed by atoms with van der Waals surface area (Å²) in [4.78, 5) is 29.1. The average Bonchev–Trinajstić information content (AvgIpc) is 3.33. The summed E-state index contributed by atoms with van der Waals surface area (Å²) in [7, 11) is 0. The minimum atomic E-state index is -0.0699. The molecule has 8 heteroatoms. The molecule has 1 fully saturated rings. The molecule has 0 N–H and O–H groups in total. The Hall–Kier alpha value is -2.06. The van der Waals surface area contributed by atoms with Crippen molar-refractivity contribution in [2.24, 2.45) is 11.3 Å². The van der Waals surface area contributed by atoms with Gasteiger partial charge >= 0.3 is 0 Å². The van der Waals surface area contributed by atoms with E-state index in [9.17, 15) is 4.79 Å². The highest BCUT2D eigenvalue weighted by Crippen LogP contribution is 2.43. The summed E-state index contributed by atoms with van der Waals surface area (Å²) in [6, 6.07) is 0. The lowest BCUT2D eigenvalue weighted by molar-refractivity contribution is 0.0631. The number of hydrogen-bond donors (Lipinski definition) is 0. The third kappa shape index (κ3) is 3.30. The Labute approximate surface area is 181 Å². The molecule has 1 atom stereocenters. The molecule has 0 aromatic carbocycles. The Morgan fingerprint density at radius 3 is 2.70 bits per heavy atom. The van der Waals surface area contributed by atoms with Crippen molar-refractivity contribution < 1.29 is 4.79 Å². The van der Waals surface area contributed by atoms with Crippen LogP contribution in [0.1, 0.15) is 55.2 Å². The average molecular weight is 427 g/mol. The smallest absolute Gasteiger partial charge is 0.293 e. The number of aryl methyl sites for hydroxylation is 1. The van der Waals surface area contributed by atoms with Crippen molar-refractivity contribution in [2.45, 2.75) is 47.0 Å². The quantitative estimate of drug-likeness (QED) is 0.629. The normalized spacial score (nSPS) is 20.8. The van der Waals surface area contributed by atoms with E-state index >= 15 is 0 Å². The maximum atomic E-state index is 13.0. The van der Waals surface area contributed by atoms with E-state index < -0.39 is 0 Å². The van der Waals surface area contributed by atoms with E-state index in [1.165, 1.54) is 16.9 Å². The van der Waals surface area contributed by atoms with Gasteiger partial charge in [0, 0.05) is 31.1 Å². The zero-order valence-electron chi connectivity index (χ0n) is 18.3. The fourth-order valence-corrected chi connectivity index (χ4v) is 6.07. The van der Waals surface area contributed by atoms with Crippen LogP contribution in [0.5, 0.6) is 0 Å². The van der Waals surface area contributed by atoms with E-state index in [0.717, 1.165) is 61.4 Å². The van der Waals surface area contributed by atoms with Gasteiger partial charge in [-0.15, -0.1) is 16.4 Å². The summed E-state index contributed by atoms with van der Waals surface area (Å²) in [5.74, 6) is 0.906. The number of thiophene rings is 1. The number of fused-ring (bicyclic) bond motifs is 5. The molecule has 1 saturated heterocycles. The van der Waals surface area contributed by atoms with Crippen LogP contribution in [0.4, 0.5) is 0 Å². The Bertz CT molecular complexity index is 1100. The zero-order valence-corrected chi connectivity index (χ0v) is 19.1. The van der Waals surface area contributed by atoms with Gasteiger partial charge in [0.05, 0.1) is 5.39 Å². The van der Waals surface area contributed by atoms with Crippen molar-refractivity contribution in [3.05, 3.63) is 22.6 Å². The summed E-state index contributed by atoms with van der Waals surface area (Å²) in [5.41, 5.74) is 2.46. The van der Waals surface area contributed by atoms with Gasteiger partial charge in [0.1, 0.15) is 11.2 Å². The van der Waals surface area contributed by atoms with Gasteiger partial charge < -0.3 is 9.80 Å². The van der Waals surface area contributed by atoms with E-state index in [-0.39, 0.29) is 11.7 Å². The summed E-state index contributed by atoms with van der Waals surface area (Å²) in [5, 5.41) is 5.61. The molecule has 30 heavy (non-hydrogen) atoms. The van der Waals surface area contributed by atoms with Crippen LogP contribution in [0.2, 0.25) is 0 Å². The first-order valence-corrected chi connectivity index (χ1v) is 11.8. The van der Waals surface area contributed by atoms with Crippen molar-refractivity contribution in [1.29, 1.82) is 0 Å². The third-order valence-corrected chi connectivity index (χ3v) is 8.07. The van der Waals surface area contributed by atoms with Crippen molar-refractivity contribution in [2.75, 3.05) is 32.7 Å². The van der Waals surface area contributed by atoms with E-state index in [1.807, 2.05) is 4.90 Å². The Kier molecular flexibility index (Phi) is 4.82. The molecule has 3 aromatic rings. The Morgan fingerprint density at radius 2 is 2.00 bits per heavy atom. The number of likely N-dealkylation sites (N-methyl/N-ethyl adjacent to an activating group) is 1. The molecule has 0 unspecified atom stereocenters. The van der Waals surface area contributed by atoms with Crippen LogP contribution >= 0.6 is 11.3 Å². The number of aromatic nitrogens is 4. The molecule has 2 aliphatic rings. The Morgan fingerprint density at radius 1 is 1.23 bits per heavy atom. The number of nitrogens with zero attached hydrogens (tertiary/aromatic N) is 6. The molecule has 1 amide bonds. The number of hydrogen-bond acceptors (Lipinski definition) is 6. The summed E-state index contributed by atoms with van der Waals surface area (Å²) < 4.78 is 1.70. The van der Waals surface area contributed by atoms with Gasteiger partial charge in [0.15, 0.2) is 5.65 Å². The van der Waals surface area contributed by atoms with Gasteiger partial charge in [-0.25, -0.2) is 14.5 Å². The second kappa shape index (κ2) is 7.27. The van der Waals surface area contributed by atoms with Gasteiger partial charge in [-0.05, 0) is 42.7 Å². The molecular formula is C22H30N6OS. The molecule has 0 radical (unpaired) electrons. The highest BCUT2D eigenvalue weighted by Gasteiger charge is 2.32. The van der Waals surface area contributed by atoms with Gasteiger partial charge in [0.25, 0.3) is 5.91 Å². The van der Waals surface area contributed by atoms with Crippen LogP contribution in [0.3, 0.4) is 0 Å². The summed E-state index contributed by atoms with van der Waals surface area (Å²) >= 11 is 1.79. The van der Waals surface area contributed by atoms with Crippen LogP contribution in [-0.4, -0.2) is 68.0 Å². The second-order valence-electron chi connectivity index (χ2n) is 9.66. The first-order valence-electron chi connectivity index (χ1n) is 11.0. The fourth-order valence-electron chi connectivity index (χ4n) is 4.81. The third-order valence-electron chi connectivity index (χ3n) is 6.91. The van der Waals surface area contributed by atoms with Crippen LogP contribution in [0, 0.1) is 11.3 Å². The molecule has 5 rings (SSSR count). The molecule has 0 saturated carbocycles. The topological polar surface area (TPSA) is 66.6 Å². The summed E-state index contributed by atoms with van der Waals surface area (Å²) in [6.45, 7) is 13.5. The molecule has 0 bridgehead atoms. The predicted molar refractivity (Wildman–Crippen MR) is 119 cm³/mol. The summed E-state index contributed by atoms with van der Waals surface area (Å²) in [6.07, 6.45) is 5.05. The molecular weight excluding hydrogens is 396 g/mol. The van der Waals surface area contributed by atoms with Gasteiger partial charge in [-0.1, -0.05) is 27.7 Å². The molecule has 3 aromatic heterocycles. The Balaban J connectivity index is 1.49. The standard InChI is InChI=1S/C22H30N6OS/c1-5-26-8-10-27(11-9-26)21(29)18-24-19-17-15-7-6-14(22(2,3)4)12-16(15)30-20(17)23-13-28(19)25-18/h13-14H,5-12H2,1-4H3/t14-/m0/s1. The van der Waals surface area contributed by atoms with Crippen LogP contribution in [0.15, 0.2) is 6.33 Å². The fraction of sp³-hybridized carbons (Fsp3) is 0.636. The molecule has 4 heterocycles. The first-order chi connectivity index (χ1) is 14.3. The lowest BCUT2D eigenvalue weighted by Crippen LogP contribution is -2.48. The monoisotopic (exact) mass is 426 g/mol. The zero-order chi connectivity index (χ0) is 21.0. The van der Waals surface area contributed by atoms with Gasteiger partial charge in [-0.2, -0.15) is 0 Å². The van der Waals surface area contributed by atoms with Crippen LogP contribution in [-0.2, 0) is 12.8 Å². The number of carbonyl (C=O) groups excluding carboxylic acids is 1. The highest BCUT2D eigenvalue weighted by atomic mass is 32.1. The van der Waals surface area contributed by atoms with E-state index in [0.29, 0.717) is 11.3 Å². The number of amides is 1. The van der Waals surface area contributed by atoms with Crippen molar-refractivity contribution in [1.82, 2.24) is 29.4 Å². The molecule has 1 aliphatic heterocycles. The molecule has 0 spiro atoms. The molecule has 1 aliphatic carbocycles. The van der Waals surface area contributed by atoms with E-state index in [4.69, 9.17) is 4.98 Å². The number of rotatable bonds is 2. The molecule has 160 valence electrons. The molecule has 7 nitrogen and oxygen atoms in total. The van der Waals surface area contributed by atoms with Gasteiger partial charge in [-0.3, -0.25) is 4.79 Å². The van der Waals surface area contributed by atoms with E-state index in [1.54, 1.807) is 22.2 Å². The lowest BCUT2D eigenvalue weighted by atomic mass is 9.72. The minimum Gasteiger partial charge on any atom is -0.333 e.